The fraction of sp³-hybridized carbons (Fsp3) is 1.00. The van der Waals surface area contributed by atoms with Crippen molar-refractivity contribution in [3.05, 3.63) is 0 Å². The van der Waals surface area contributed by atoms with Gasteiger partial charge in [0.2, 0.25) is 0 Å². The summed E-state index contributed by atoms with van der Waals surface area (Å²) in [5.74, 6) is 0. The van der Waals surface area contributed by atoms with E-state index in [2.05, 4.69) is 0 Å². The Labute approximate surface area is 61.5 Å². The molecule has 0 spiro atoms. The number of rotatable bonds is 0. The minimum atomic E-state index is 0. The van der Waals surface area contributed by atoms with Gasteiger partial charge in [-0.05, 0) is 19.3 Å². The first kappa shape index (κ1) is 6.96. The number of aliphatic hydroxyl groups is 1. The summed E-state index contributed by atoms with van der Waals surface area (Å²) >= 11 is 0. The average Bonchev–Trinajstić information content (AvgIpc) is 1.30. The molecule has 0 heterocycles. The maximum absolute atomic E-state index is 8.45. The zero-order chi connectivity index (χ0) is 3.70. The molecule has 0 unspecified atom stereocenters. The van der Waals surface area contributed by atoms with Crippen LogP contribution in [0.25, 0.3) is 0 Å². The molecule has 1 aliphatic carbocycles. The normalized spacial score (nSPS) is 21.5. The standard InChI is InChI=1S/C4H8O.Na.H/c5-4-2-1-3-4;;/h4-5H,1-3H2;;/q;+1;-1. The number of aliphatic hydroxyl groups excluding tert-OH is 1. The van der Waals surface area contributed by atoms with Crippen LogP contribution in [0.2, 0.25) is 0 Å². The molecule has 0 saturated heterocycles. The maximum atomic E-state index is 8.45. The van der Waals surface area contributed by atoms with Crippen molar-refractivity contribution >= 4 is 0 Å². The minimum Gasteiger partial charge on any atom is -1.00 e. The first-order chi connectivity index (χ1) is 2.39. The summed E-state index contributed by atoms with van der Waals surface area (Å²) in [6, 6.07) is 0. The molecule has 1 saturated carbocycles. The van der Waals surface area contributed by atoms with Crippen molar-refractivity contribution in [1.29, 1.82) is 0 Å². The maximum Gasteiger partial charge on any atom is 1.00 e. The van der Waals surface area contributed by atoms with E-state index >= 15 is 0 Å². The summed E-state index contributed by atoms with van der Waals surface area (Å²) in [5, 5.41) is 8.45. The molecule has 0 aromatic heterocycles. The van der Waals surface area contributed by atoms with Gasteiger partial charge in [-0.1, -0.05) is 0 Å². The first-order valence-electron chi connectivity index (χ1n) is 2.07. The molecule has 0 aromatic rings. The van der Waals surface area contributed by atoms with Gasteiger partial charge in [0.1, 0.15) is 0 Å². The summed E-state index contributed by atoms with van der Waals surface area (Å²) < 4.78 is 0. The molecule has 1 fully saturated rings. The smallest absolute Gasteiger partial charge is 1.00 e. The van der Waals surface area contributed by atoms with Gasteiger partial charge in [-0.3, -0.25) is 0 Å². The Morgan fingerprint density at radius 2 is 1.83 bits per heavy atom. The summed E-state index contributed by atoms with van der Waals surface area (Å²) in [6.45, 7) is 0. The molecule has 1 N–H and O–H groups in total. The van der Waals surface area contributed by atoms with E-state index in [1.807, 2.05) is 0 Å². The Bertz CT molecular complexity index is 38.7. The van der Waals surface area contributed by atoms with Gasteiger partial charge in [-0.15, -0.1) is 0 Å². The van der Waals surface area contributed by atoms with E-state index in [0.717, 1.165) is 12.8 Å². The molecule has 6 heavy (non-hydrogen) atoms. The van der Waals surface area contributed by atoms with E-state index in [9.17, 15) is 0 Å². The van der Waals surface area contributed by atoms with Gasteiger partial charge in [0.05, 0.1) is 6.10 Å². The quantitative estimate of drug-likeness (QED) is 0.335. The zero-order valence-corrected chi connectivity index (χ0v) is 6.15. The fourth-order valence-corrected chi connectivity index (χ4v) is 0.387. The Balaban J connectivity index is 0. The van der Waals surface area contributed by atoms with Crippen molar-refractivity contribution in [1.82, 2.24) is 0 Å². The van der Waals surface area contributed by atoms with Gasteiger partial charge in [0, 0.05) is 0 Å². The second-order valence-corrected chi connectivity index (χ2v) is 1.58. The summed E-state index contributed by atoms with van der Waals surface area (Å²) in [5.41, 5.74) is 0. The minimum absolute atomic E-state index is 0. The Morgan fingerprint density at radius 3 is 1.83 bits per heavy atom. The molecule has 0 aromatic carbocycles. The summed E-state index contributed by atoms with van der Waals surface area (Å²) in [6.07, 6.45) is 3.39. The van der Waals surface area contributed by atoms with Crippen LogP contribution in [0.4, 0.5) is 0 Å². The van der Waals surface area contributed by atoms with E-state index in [4.69, 9.17) is 5.11 Å². The van der Waals surface area contributed by atoms with Crippen LogP contribution in [-0.4, -0.2) is 11.2 Å². The Hall–Kier alpha value is 0.960. The number of hydrogen-bond acceptors (Lipinski definition) is 1. The van der Waals surface area contributed by atoms with Gasteiger partial charge in [-0.25, -0.2) is 0 Å². The van der Waals surface area contributed by atoms with Gasteiger partial charge >= 0.3 is 29.6 Å². The SMILES string of the molecule is OC1CCC1.[H-].[Na+]. The largest absolute Gasteiger partial charge is 1.00 e. The van der Waals surface area contributed by atoms with E-state index < -0.39 is 0 Å². The van der Waals surface area contributed by atoms with E-state index in [-0.39, 0.29) is 37.1 Å². The van der Waals surface area contributed by atoms with E-state index in [0.29, 0.717) is 0 Å². The van der Waals surface area contributed by atoms with Crippen molar-refractivity contribution < 1.29 is 36.1 Å². The van der Waals surface area contributed by atoms with Crippen LogP contribution < -0.4 is 29.6 Å². The molecule has 2 heteroatoms. The molecule has 0 radical (unpaired) electrons. The van der Waals surface area contributed by atoms with Gasteiger partial charge in [-0.2, -0.15) is 0 Å². The molecule has 0 atom stereocenters. The second kappa shape index (κ2) is 3.03. The van der Waals surface area contributed by atoms with Crippen LogP contribution in [0, 0.1) is 0 Å². The predicted octanol–water partition coefficient (Wildman–Crippen LogP) is -2.35. The van der Waals surface area contributed by atoms with Crippen molar-refractivity contribution in [2.45, 2.75) is 25.4 Å². The Kier molecular flexibility index (Phi) is 3.51. The molecule has 1 aliphatic rings. The van der Waals surface area contributed by atoms with Gasteiger partial charge in [0.25, 0.3) is 0 Å². The van der Waals surface area contributed by atoms with Crippen molar-refractivity contribution in [2.75, 3.05) is 0 Å². The Morgan fingerprint density at radius 1 is 1.50 bits per heavy atom. The molecular formula is C4H9NaO. The number of hydrogen-bond donors (Lipinski definition) is 1. The van der Waals surface area contributed by atoms with Crippen LogP contribution in [0.5, 0.6) is 0 Å². The molecule has 0 aliphatic heterocycles. The first-order valence-corrected chi connectivity index (χ1v) is 2.07. The molecule has 1 nitrogen and oxygen atoms in total. The molecule has 0 amide bonds. The van der Waals surface area contributed by atoms with Crippen LogP contribution in [0.3, 0.4) is 0 Å². The average molecular weight is 96.1 g/mol. The summed E-state index contributed by atoms with van der Waals surface area (Å²) in [7, 11) is 0. The zero-order valence-electron chi connectivity index (χ0n) is 5.15. The van der Waals surface area contributed by atoms with Crippen molar-refractivity contribution in [2.24, 2.45) is 0 Å². The molecule has 32 valence electrons. The van der Waals surface area contributed by atoms with Crippen molar-refractivity contribution in [3.8, 4) is 0 Å². The summed E-state index contributed by atoms with van der Waals surface area (Å²) in [4.78, 5) is 0. The van der Waals surface area contributed by atoms with Crippen LogP contribution in [0.15, 0.2) is 0 Å². The van der Waals surface area contributed by atoms with Crippen LogP contribution in [-0.2, 0) is 0 Å². The van der Waals surface area contributed by atoms with E-state index in [1.54, 1.807) is 0 Å². The third kappa shape index (κ3) is 1.61. The second-order valence-electron chi connectivity index (χ2n) is 1.58. The van der Waals surface area contributed by atoms with Crippen LogP contribution >= 0.6 is 0 Å². The topological polar surface area (TPSA) is 20.2 Å². The predicted molar refractivity (Wildman–Crippen MR) is 21.0 cm³/mol. The fourth-order valence-electron chi connectivity index (χ4n) is 0.387. The molecular weight excluding hydrogens is 87.0 g/mol. The molecule has 0 bridgehead atoms. The third-order valence-corrected chi connectivity index (χ3v) is 1.07. The van der Waals surface area contributed by atoms with Gasteiger partial charge in [0.15, 0.2) is 0 Å². The van der Waals surface area contributed by atoms with Crippen molar-refractivity contribution in [3.63, 3.8) is 0 Å². The monoisotopic (exact) mass is 96.1 g/mol. The molecule has 1 rings (SSSR count). The van der Waals surface area contributed by atoms with E-state index in [1.165, 1.54) is 6.42 Å². The van der Waals surface area contributed by atoms with Crippen LogP contribution in [0.1, 0.15) is 20.7 Å². The third-order valence-electron chi connectivity index (χ3n) is 1.07. The van der Waals surface area contributed by atoms with Gasteiger partial charge < -0.3 is 6.53 Å².